The van der Waals surface area contributed by atoms with Crippen LogP contribution in [0.2, 0.25) is 0 Å². The summed E-state index contributed by atoms with van der Waals surface area (Å²) in [6.07, 6.45) is 1.85. The monoisotopic (exact) mass is 391 g/mol. The number of carbonyl (C=O) groups is 1. The number of imidazole rings is 1. The summed E-state index contributed by atoms with van der Waals surface area (Å²) in [6, 6.07) is 13.3. The molecule has 0 saturated carbocycles. The minimum absolute atomic E-state index is 0.0470. The molecule has 29 heavy (non-hydrogen) atoms. The maximum atomic E-state index is 13.3. The average Bonchev–Trinajstić information content (AvgIpc) is 3.31. The van der Waals surface area contributed by atoms with Gasteiger partial charge in [0.1, 0.15) is 5.82 Å². The lowest BCUT2D eigenvalue weighted by molar-refractivity contribution is 0.0716. The van der Waals surface area contributed by atoms with Crippen molar-refractivity contribution in [1.29, 1.82) is 0 Å². The van der Waals surface area contributed by atoms with Gasteiger partial charge in [-0.3, -0.25) is 4.79 Å². The first kappa shape index (κ1) is 19.1. The van der Waals surface area contributed by atoms with Gasteiger partial charge in [0.05, 0.1) is 17.6 Å². The summed E-state index contributed by atoms with van der Waals surface area (Å²) in [7, 11) is 0. The van der Waals surface area contributed by atoms with Gasteiger partial charge >= 0.3 is 0 Å². The van der Waals surface area contributed by atoms with Crippen LogP contribution in [0.1, 0.15) is 30.0 Å². The zero-order valence-corrected chi connectivity index (χ0v) is 16.8. The Morgan fingerprint density at radius 3 is 2.83 bits per heavy atom. The van der Waals surface area contributed by atoms with Gasteiger partial charge in [0.25, 0.3) is 5.91 Å². The van der Waals surface area contributed by atoms with Gasteiger partial charge < -0.3 is 18.9 Å². The summed E-state index contributed by atoms with van der Waals surface area (Å²) in [4.78, 5) is 20.0. The van der Waals surface area contributed by atoms with E-state index >= 15 is 0 Å². The van der Waals surface area contributed by atoms with Crippen molar-refractivity contribution in [2.45, 2.75) is 26.9 Å². The Morgan fingerprint density at radius 1 is 1.24 bits per heavy atom. The molecule has 1 aromatic heterocycles. The van der Waals surface area contributed by atoms with Gasteiger partial charge in [0, 0.05) is 18.7 Å². The van der Waals surface area contributed by atoms with Crippen molar-refractivity contribution in [3.8, 4) is 11.5 Å². The average molecular weight is 391 g/mol. The quantitative estimate of drug-likeness (QED) is 0.565. The number of para-hydroxylation sites is 2. The minimum atomic E-state index is -0.0470. The lowest BCUT2D eigenvalue weighted by atomic mass is 10.1. The molecule has 0 radical (unpaired) electrons. The topological polar surface area (TPSA) is 56.6 Å². The fraction of sp³-hybridized carbons (Fsp3) is 0.304. The summed E-state index contributed by atoms with van der Waals surface area (Å²) in [5, 5.41) is 0. The molecule has 2 aromatic carbocycles. The van der Waals surface area contributed by atoms with Crippen molar-refractivity contribution in [1.82, 2.24) is 14.5 Å². The second-order valence-electron chi connectivity index (χ2n) is 7.56. The fourth-order valence-corrected chi connectivity index (χ4v) is 3.62. The molecule has 0 saturated heterocycles. The molecule has 1 aliphatic heterocycles. The van der Waals surface area contributed by atoms with E-state index in [-0.39, 0.29) is 12.7 Å². The zero-order valence-electron chi connectivity index (χ0n) is 16.8. The van der Waals surface area contributed by atoms with E-state index in [0.717, 1.165) is 16.9 Å². The fourth-order valence-electron chi connectivity index (χ4n) is 3.62. The van der Waals surface area contributed by atoms with Gasteiger partial charge in [-0.05, 0) is 36.2 Å². The first-order valence-corrected chi connectivity index (χ1v) is 9.80. The maximum absolute atomic E-state index is 13.3. The standard InChI is InChI=1S/C23H25N3O3/c1-4-11-26-19-8-6-5-7-18(19)24-22(26)14-25(13-16(2)3)23(27)17-9-10-20-21(12-17)29-15-28-20/h4-10,12,16H,1,11,13-15H2,2-3H3. The highest BCUT2D eigenvalue weighted by Gasteiger charge is 2.23. The molecule has 2 heterocycles. The molecular weight excluding hydrogens is 366 g/mol. The first-order valence-electron chi connectivity index (χ1n) is 9.80. The van der Waals surface area contributed by atoms with Crippen LogP contribution in [-0.4, -0.2) is 33.7 Å². The minimum Gasteiger partial charge on any atom is -0.454 e. The van der Waals surface area contributed by atoms with Crippen LogP contribution in [0.4, 0.5) is 0 Å². The highest BCUT2D eigenvalue weighted by Crippen LogP contribution is 2.33. The van der Waals surface area contributed by atoms with Crippen molar-refractivity contribution >= 4 is 16.9 Å². The Kier molecular flexibility index (Phi) is 5.25. The number of hydrogen-bond acceptors (Lipinski definition) is 4. The number of nitrogens with zero attached hydrogens (tertiary/aromatic N) is 3. The molecule has 3 aromatic rings. The number of rotatable bonds is 7. The van der Waals surface area contributed by atoms with Gasteiger partial charge in [-0.1, -0.05) is 32.1 Å². The number of aromatic nitrogens is 2. The Hall–Kier alpha value is -3.28. The largest absolute Gasteiger partial charge is 0.454 e. The normalized spacial score (nSPS) is 12.5. The molecule has 1 aliphatic rings. The van der Waals surface area contributed by atoms with Crippen LogP contribution < -0.4 is 9.47 Å². The Balaban J connectivity index is 1.67. The molecule has 0 atom stereocenters. The molecule has 0 bridgehead atoms. The summed E-state index contributed by atoms with van der Waals surface area (Å²) >= 11 is 0. The third kappa shape index (κ3) is 3.83. The number of fused-ring (bicyclic) bond motifs is 2. The van der Waals surface area contributed by atoms with E-state index in [4.69, 9.17) is 14.5 Å². The molecule has 0 N–H and O–H groups in total. The SMILES string of the molecule is C=CCn1c(CN(CC(C)C)C(=O)c2ccc3c(c2)OCO3)nc2ccccc21. The van der Waals surface area contributed by atoms with Crippen molar-refractivity contribution < 1.29 is 14.3 Å². The molecule has 0 unspecified atom stereocenters. The van der Waals surface area contributed by atoms with Crippen LogP contribution in [0.15, 0.2) is 55.1 Å². The van der Waals surface area contributed by atoms with Crippen molar-refractivity contribution in [3.05, 3.63) is 66.5 Å². The number of benzene rings is 2. The lowest BCUT2D eigenvalue weighted by Crippen LogP contribution is -2.34. The summed E-state index contributed by atoms with van der Waals surface area (Å²) in [5.74, 6) is 2.41. The number of ether oxygens (including phenoxy) is 2. The van der Waals surface area contributed by atoms with Gasteiger partial charge in [-0.25, -0.2) is 4.98 Å². The second kappa shape index (κ2) is 7.99. The highest BCUT2D eigenvalue weighted by molar-refractivity contribution is 5.95. The van der Waals surface area contributed by atoms with Gasteiger partial charge in [0.15, 0.2) is 11.5 Å². The second-order valence-corrected chi connectivity index (χ2v) is 7.56. The van der Waals surface area contributed by atoms with E-state index in [1.165, 1.54) is 0 Å². The van der Waals surface area contributed by atoms with E-state index in [1.54, 1.807) is 18.2 Å². The smallest absolute Gasteiger partial charge is 0.254 e. The number of carbonyl (C=O) groups excluding carboxylic acids is 1. The van der Waals surface area contributed by atoms with Crippen LogP contribution in [0.3, 0.4) is 0 Å². The van der Waals surface area contributed by atoms with Crippen LogP contribution >= 0.6 is 0 Å². The van der Waals surface area contributed by atoms with Gasteiger partial charge in [-0.2, -0.15) is 0 Å². The molecule has 6 heteroatoms. The van der Waals surface area contributed by atoms with Crippen molar-refractivity contribution in [2.24, 2.45) is 5.92 Å². The van der Waals surface area contributed by atoms with E-state index in [0.29, 0.717) is 42.6 Å². The zero-order chi connectivity index (χ0) is 20.4. The molecule has 0 aliphatic carbocycles. The van der Waals surface area contributed by atoms with Gasteiger partial charge in [0.2, 0.25) is 6.79 Å². The van der Waals surface area contributed by atoms with E-state index < -0.39 is 0 Å². The molecular formula is C23H25N3O3. The molecule has 4 rings (SSSR count). The maximum Gasteiger partial charge on any atom is 0.254 e. The van der Waals surface area contributed by atoms with Crippen molar-refractivity contribution in [2.75, 3.05) is 13.3 Å². The predicted octanol–water partition coefficient (Wildman–Crippen LogP) is 4.25. The Labute approximate surface area is 170 Å². The van der Waals surface area contributed by atoms with E-state index in [2.05, 4.69) is 25.0 Å². The molecule has 6 nitrogen and oxygen atoms in total. The van der Waals surface area contributed by atoms with Crippen molar-refractivity contribution in [3.63, 3.8) is 0 Å². The third-order valence-electron chi connectivity index (χ3n) is 4.87. The molecule has 0 fully saturated rings. The van der Waals surface area contributed by atoms with Gasteiger partial charge in [-0.15, -0.1) is 6.58 Å². The van der Waals surface area contributed by atoms with Crippen LogP contribution in [-0.2, 0) is 13.1 Å². The molecule has 0 spiro atoms. The van der Waals surface area contributed by atoms with Crippen LogP contribution in [0, 0.1) is 5.92 Å². The predicted molar refractivity (Wildman–Crippen MR) is 112 cm³/mol. The van der Waals surface area contributed by atoms with Crippen LogP contribution in [0.25, 0.3) is 11.0 Å². The van der Waals surface area contributed by atoms with E-state index in [9.17, 15) is 4.79 Å². The number of amides is 1. The molecule has 150 valence electrons. The summed E-state index contributed by atoms with van der Waals surface area (Å²) in [6.45, 7) is 9.97. The summed E-state index contributed by atoms with van der Waals surface area (Å²) < 4.78 is 12.9. The number of allylic oxidation sites excluding steroid dienone is 1. The van der Waals surface area contributed by atoms with E-state index in [1.807, 2.05) is 35.2 Å². The first-order chi connectivity index (χ1) is 14.1. The third-order valence-corrected chi connectivity index (χ3v) is 4.87. The Morgan fingerprint density at radius 2 is 2.03 bits per heavy atom. The molecule has 1 amide bonds. The number of hydrogen-bond donors (Lipinski definition) is 0. The summed E-state index contributed by atoms with van der Waals surface area (Å²) in [5.41, 5.74) is 2.55. The van der Waals surface area contributed by atoms with Crippen LogP contribution in [0.5, 0.6) is 11.5 Å². The highest BCUT2D eigenvalue weighted by atomic mass is 16.7. The lowest BCUT2D eigenvalue weighted by Gasteiger charge is -2.25. The Bertz CT molecular complexity index is 1050.